The van der Waals surface area contributed by atoms with Crippen LogP contribution in [0.1, 0.15) is 0 Å². The first-order chi connectivity index (χ1) is 5.73. The number of hydrogen-bond donors (Lipinski definition) is 0. The van der Waals surface area contributed by atoms with Gasteiger partial charge in [-0.3, -0.25) is 4.79 Å². The van der Waals surface area contributed by atoms with Gasteiger partial charge in [-0.25, -0.2) is 4.79 Å². The second-order valence-electron chi connectivity index (χ2n) is 2.51. The van der Waals surface area contributed by atoms with Gasteiger partial charge in [-0.2, -0.15) is 0 Å². The summed E-state index contributed by atoms with van der Waals surface area (Å²) in [7, 11) is 0. The van der Waals surface area contributed by atoms with Gasteiger partial charge in [0.25, 0.3) is 5.79 Å². The fourth-order valence-corrected chi connectivity index (χ4v) is 1.12. The Morgan fingerprint density at radius 3 is 2.75 bits per heavy atom. The Balaban J connectivity index is 2.32. The van der Waals surface area contributed by atoms with E-state index < -0.39 is 11.8 Å². The molecule has 0 aromatic rings. The molecule has 0 bridgehead atoms. The standard InChI is InChI=1S/C8H6O4/c9-6-3-1-2-4-8(6)11-5-7(10)12-8/h1-4H,5H2. The number of hydrogen-bond acceptors (Lipinski definition) is 4. The zero-order valence-corrected chi connectivity index (χ0v) is 6.15. The van der Waals surface area contributed by atoms with E-state index in [-0.39, 0.29) is 12.4 Å². The van der Waals surface area contributed by atoms with E-state index in [2.05, 4.69) is 0 Å². The van der Waals surface area contributed by atoms with Gasteiger partial charge >= 0.3 is 5.97 Å². The lowest BCUT2D eigenvalue weighted by Gasteiger charge is -2.20. The molecule has 0 amide bonds. The molecule has 0 aromatic carbocycles. The normalized spacial score (nSPS) is 33.0. The van der Waals surface area contributed by atoms with Crippen molar-refractivity contribution < 1.29 is 19.1 Å². The second kappa shape index (κ2) is 2.28. The first kappa shape index (κ1) is 7.24. The molecule has 1 aliphatic carbocycles. The lowest BCUT2D eigenvalue weighted by atomic mass is 10.1. The van der Waals surface area contributed by atoms with Gasteiger partial charge in [0.05, 0.1) is 0 Å². The molecule has 1 heterocycles. The highest BCUT2D eigenvalue weighted by molar-refractivity contribution is 6.01. The van der Waals surface area contributed by atoms with Crippen molar-refractivity contribution in [3.8, 4) is 0 Å². The van der Waals surface area contributed by atoms with Gasteiger partial charge in [0.15, 0.2) is 0 Å². The SMILES string of the molecule is O=C1COC2(C=CC=CC2=O)O1. The minimum atomic E-state index is -1.45. The van der Waals surface area contributed by atoms with Crippen LogP contribution in [0, 0.1) is 0 Å². The fraction of sp³-hybridized carbons (Fsp3) is 0.250. The lowest BCUT2D eigenvalue weighted by Crippen LogP contribution is -2.37. The average Bonchev–Trinajstić information content (AvgIpc) is 2.41. The van der Waals surface area contributed by atoms with Crippen molar-refractivity contribution >= 4 is 11.8 Å². The number of ketones is 1. The molecule has 2 aliphatic rings. The second-order valence-corrected chi connectivity index (χ2v) is 2.51. The zero-order valence-electron chi connectivity index (χ0n) is 6.15. The summed E-state index contributed by atoms with van der Waals surface area (Å²) in [5.41, 5.74) is 0. The highest BCUT2D eigenvalue weighted by atomic mass is 16.8. The molecule has 0 radical (unpaired) electrons. The molecule has 12 heavy (non-hydrogen) atoms. The number of allylic oxidation sites excluding steroid dienone is 2. The summed E-state index contributed by atoms with van der Waals surface area (Å²) in [5.74, 6) is -2.31. The maximum Gasteiger partial charge on any atom is 0.335 e. The number of carbonyl (C=O) groups is 2. The molecule has 4 nitrogen and oxygen atoms in total. The largest absolute Gasteiger partial charge is 0.419 e. The molecular formula is C8H6O4. The van der Waals surface area contributed by atoms with Crippen molar-refractivity contribution in [3.05, 3.63) is 24.3 Å². The van der Waals surface area contributed by atoms with E-state index in [0.29, 0.717) is 0 Å². The Kier molecular flexibility index (Phi) is 1.38. The van der Waals surface area contributed by atoms with Gasteiger partial charge in [0, 0.05) is 0 Å². The third-order valence-corrected chi connectivity index (χ3v) is 1.69. The van der Waals surface area contributed by atoms with Crippen molar-refractivity contribution in [2.24, 2.45) is 0 Å². The molecule has 0 saturated carbocycles. The van der Waals surface area contributed by atoms with Gasteiger partial charge < -0.3 is 9.47 Å². The van der Waals surface area contributed by atoms with Crippen molar-refractivity contribution in [2.75, 3.05) is 6.61 Å². The van der Waals surface area contributed by atoms with Crippen LogP contribution in [0.2, 0.25) is 0 Å². The summed E-state index contributed by atoms with van der Waals surface area (Å²) in [6, 6.07) is 0. The Bertz CT molecular complexity index is 302. The van der Waals surface area contributed by atoms with Crippen LogP contribution in [0.4, 0.5) is 0 Å². The Hall–Kier alpha value is -1.42. The van der Waals surface area contributed by atoms with Crippen LogP contribution in [0.15, 0.2) is 24.3 Å². The van der Waals surface area contributed by atoms with Gasteiger partial charge in [0.1, 0.15) is 6.61 Å². The summed E-state index contributed by atoms with van der Waals surface area (Å²) in [4.78, 5) is 21.9. The van der Waals surface area contributed by atoms with Crippen LogP contribution in [0.3, 0.4) is 0 Å². The van der Waals surface area contributed by atoms with E-state index in [9.17, 15) is 9.59 Å². The quantitative estimate of drug-likeness (QED) is 0.473. The molecule has 1 aliphatic heterocycles. The van der Waals surface area contributed by atoms with Crippen molar-refractivity contribution in [1.29, 1.82) is 0 Å². The van der Waals surface area contributed by atoms with Gasteiger partial charge in [-0.15, -0.1) is 0 Å². The number of esters is 1. The monoisotopic (exact) mass is 166 g/mol. The van der Waals surface area contributed by atoms with Crippen molar-refractivity contribution in [2.45, 2.75) is 5.79 Å². The minimum Gasteiger partial charge on any atom is -0.419 e. The molecule has 2 rings (SSSR count). The van der Waals surface area contributed by atoms with Crippen LogP contribution in [-0.4, -0.2) is 24.1 Å². The van der Waals surface area contributed by atoms with Crippen LogP contribution >= 0.6 is 0 Å². The van der Waals surface area contributed by atoms with Gasteiger partial charge in [-0.1, -0.05) is 12.2 Å². The first-order valence-electron chi connectivity index (χ1n) is 3.49. The van der Waals surface area contributed by atoms with Crippen LogP contribution in [0.5, 0.6) is 0 Å². The van der Waals surface area contributed by atoms with Crippen LogP contribution < -0.4 is 0 Å². The maximum atomic E-state index is 11.2. The minimum absolute atomic E-state index is 0.163. The summed E-state index contributed by atoms with van der Waals surface area (Å²) in [5, 5.41) is 0. The highest BCUT2D eigenvalue weighted by Crippen LogP contribution is 2.25. The fourth-order valence-electron chi connectivity index (χ4n) is 1.12. The molecule has 1 unspecified atom stereocenters. The summed E-state index contributed by atoms with van der Waals surface area (Å²) >= 11 is 0. The van der Waals surface area contributed by atoms with E-state index in [1.807, 2.05) is 0 Å². The van der Waals surface area contributed by atoms with Crippen molar-refractivity contribution in [3.63, 3.8) is 0 Å². The molecule has 62 valence electrons. The predicted octanol–water partition coefficient (Wildman–Crippen LogP) is -0.0488. The Morgan fingerprint density at radius 1 is 1.33 bits per heavy atom. The van der Waals surface area contributed by atoms with Crippen molar-refractivity contribution in [1.82, 2.24) is 0 Å². The summed E-state index contributed by atoms with van der Waals surface area (Å²) in [6.45, 7) is -0.163. The lowest BCUT2D eigenvalue weighted by molar-refractivity contribution is -0.168. The average molecular weight is 166 g/mol. The van der Waals surface area contributed by atoms with Gasteiger partial charge in [0.2, 0.25) is 5.78 Å². The molecule has 1 fully saturated rings. The van der Waals surface area contributed by atoms with Gasteiger partial charge in [-0.05, 0) is 12.2 Å². The number of ether oxygens (including phenoxy) is 2. The van der Waals surface area contributed by atoms with Crippen LogP contribution in [-0.2, 0) is 19.1 Å². The van der Waals surface area contributed by atoms with E-state index in [1.165, 1.54) is 12.2 Å². The predicted molar refractivity (Wildman–Crippen MR) is 38.1 cm³/mol. The number of carbonyl (C=O) groups excluding carboxylic acids is 2. The molecule has 1 atom stereocenters. The van der Waals surface area contributed by atoms with Crippen LogP contribution in [0.25, 0.3) is 0 Å². The topological polar surface area (TPSA) is 52.6 Å². The molecule has 0 aromatic heterocycles. The highest BCUT2D eigenvalue weighted by Gasteiger charge is 2.46. The zero-order chi connectivity index (χ0) is 8.60. The molecule has 0 N–H and O–H groups in total. The third-order valence-electron chi connectivity index (χ3n) is 1.69. The first-order valence-corrected chi connectivity index (χ1v) is 3.49. The number of rotatable bonds is 0. The molecule has 4 heteroatoms. The molecule has 1 spiro atoms. The molecule has 1 saturated heterocycles. The Morgan fingerprint density at radius 2 is 2.17 bits per heavy atom. The van der Waals surface area contributed by atoms with E-state index in [0.717, 1.165) is 0 Å². The maximum absolute atomic E-state index is 11.2. The Labute approximate surface area is 68.5 Å². The van der Waals surface area contributed by atoms with E-state index >= 15 is 0 Å². The molecular weight excluding hydrogens is 160 g/mol. The summed E-state index contributed by atoms with van der Waals surface area (Å²) in [6.07, 6.45) is 5.93. The third kappa shape index (κ3) is 0.887. The van der Waals surface area contributed by atoms with E-state index in [1.54, 1.807) is 12.2 Å². The smallest absolute Gasteiger partial charge is 0.335 e. The van der Waals surface area contributed by atoms with E-state index in [4.69, 9.17) is 9.47 Å². The summed E-state index contributed by atoms with van der Waals surface area (Å²) < 4.78 is 9.70.